The van der Waals surface area contributed by atoms with E-state index >= 15 is 0 Å². The van der Waals surface area contributed by atoms with Gasteiger partial charge in [-0.3, -0.25) is 9.59 Å². The Morgan fingerprint density at radius 2 is 1.81 bits per heavy atom. The minimum absolute atomic E-state index is 0.0121. The molecule has 1 N–H and O–H groups in total. The van der Waals surface area contributed by atoms with E-state index < -0.39 is 17.5 Å². The number of allylic oxidation sites excluding steroid dienone is 1. The van der Waals surface area contributed by atoms with Crippen molar-refractivity contribution < 1.29 is 23.9 Å². The lowest BCUT2D eigenvalue weighted by molar-refractivity contribution is 0.0696. The fraction of sp³-hybridized carbons (Fsp3) is 0.0625. The van der Waals surface area contributed by atoms with Gasteiger partial charge in [-0.1, -0.05) is 0 Å². The first kappa shape index (κ1) is 13.1. The van der Waals surface area contributed by atoms with Crippen LogP contribution in [0, 0.1) is 6.92 Å². The number of ketones is 2. The van der Waals surface area contributed by atoms with Gasteiger partial charge in [0.15, 0.2) is 11.6 Å². The summed E-state index contributed by atoms with van der Waals surface area (Å²) >= 11 is 0. The number of Topliss-reactive ketones (excluding diaryl/α,β-unsaturated/α-hetero) is 2. The molecule has 0 aliphatic heterocycles. The van der Waals surface area contributed by atoms with Crippen LogP contribution in [0.2, 0.25) is 0 Å². The molecule has 0 atom stereocenters. The molecule has 0 radical (unpaired) electrons. The maximum atomic E-state index is 12.3. The molecule has 1 aliphatic carbocycles. The topological polar surface area (TPSA) is 84.6 Å². The van der Waals surface area contributed by atoms with Crippen LogP contribution in [0.25, 0.3) is 6.08 Å². The monoisotopic (exact) mass is 282 g/mol. The van der Waals surface area contributed by atoms with Gasteiger partial charge in [-0.25, -0.2) is 4.79 Å². The lowest BCUT2D eigenvalue weighted by Crippen LogP contribution is -2.00. The highest BCUT2D eigenvalue weighted by molar-refractivity contribution is 6.41. The average Bonchev–Trinajstić information content (AvgIpc) is 2.96. The van der Waals surface area contributed by atoms with Crippen molar-refractivity contribution >= 4 is 23.6 Å². The molecule has 21 heavy (non-hydrogen) atoms. The Kier molecular flexibility index (Phi) is 2.83. The van der Waals surface area contributed by atoms with Crippen LogP contribution in [0.3, 0.4) is 0 Å². The molecule has 1 aromatic heterocycles. The molecular formula is C16H10O5. The van der Waals surface area contributed by atoms with Crippen LogP contribution >= 0.6 is 0 Å². The smallest absolute Gasteiger partial charge is 0.335 e. The average molecular weight is 282 g/mol. The molecule has 0 saturated carbocycles. The van der Waals surface area contributed by atoms with Gasteiger partial charge in [0, 0.05) is 11.1 Å². The SMILES string of the molecule is Cc1ccc(/C=C2\C(=O)c3ccc(C(=O)O)cc3C2=O)o1. The number of aryl methyl sites for hydroxylation is 1. The summed E-state index contributed by atoms with van der Waals surface area (Å²) in [5, 5.41) is 8.95. The summed E-state index contributed by atoms with van der Waals surface area (Å²) in [7, 11) is 0. The summed E-state index contributed by atoms with van der Waals surface area (Å²) in [6.07, 6.45) is 1.39. The predicted molar refractivity (Wildman–Crippen MR) is 73.5 cm³/mol. The molecular weight excluding hydrogens is 272 g/mol. The van der Waals surface area contributed by atoms with Crippen molar-refractivity contribution in [2.75, 3.05) is 0 Å². The summed E-state index contributed by atoms with van der Waals surface area (Å²) in [5.41, 5.74) is 0.306. The van der Waals surface area contributed by atoms with E-state index in [1.54, 1.807) is 19.1 Å². The lowest BCUT2D eigenvalue weighted by Gasteiger charge is -1.97. The first-order valence-corrected chi connectivity index (χ1v) is 6.22. The fourth-order valence-electron chi connectivity index (χ4n) is 2.26. The van der Waals surface area contributed by atoms with Crippen molar-refractivity contribution in [3.63, 3.8) is 0 Å². The molecule has 0 spiro atoms. The lowest BCUT2D eigenvalue weighted by atomic mass is 10.1. The number of carboxylic acids is 1. The second-order valence-corrected chi connectivity index (χ2v) is 4.73. The van der Waals surface area contributed by atoms with E-state index in [1.165, 1.54) is 24.3 Å². The number of rotatable bonds is 2. The van der Waals surface area contributed by atoms with Crippen LogP contribution in [-0.4, -0.2) is 22.6 Å². The highest BCUT2D eigenvalue weighted by Gasteiger charge is 2.33. The summed E-state index contributed by atoms with van der Waals surface area (Å²) in [5.74, 6) is -0.953. The van der Waals surface area contributed by atoms with Crippen LogP contribution in [0.5, 0.6) is 0 Å². The second-order valence-electron chi connectivity index (χ2n) is 4.73. The van der Waals surface area contributed by atoms with E-state index in [9.17, 15) is 14.4 Å². The van der Waals surface area contributed by atoms with Crippen molar-refractivity contribution in [3.8, 4) is 0 Å². The van der Waals surface area contributed by atoms with Crippen molar-refractivity contribution in [3.05, 3.63) is 64.1 Å². The van der Waals surface area contributed by atoms with Gasteiger partial charge in [0.2, 0.25) is 0 Å². The minimum Gasteiger partial charge on any atom is -0.478 e. The van der Waals surface area contributed by atoms with Gasteiger partial charge in [-0.05, 0) is 43.3 Å². The molecule has 0 saturated heterocycles. The molecule has 1 aliphatic rings. The number of carboxylic acid groups (broad SMARTS) is 1. The predicted octanol–water partition coefficient (Wildman–Crippen LogP) is 2.75. The molecule has 2 aromatic rings. The highest BCUT2D eigenvalue weighted by atomic mass is 16.4. The van der Waals surface area contributed by atoms with Gasteiger partial charge in [0.1, 0.15) is 11.5 Å². The van der Waals surface area contributed by atoms with Gasteiger partial charge < -0.3 is 9.52 Å². The molecule has 1 aromatic carbocycles. The quantitative estimate of drug-likeness (QED) is 0.676. The third kappa shape index (κ3) is 2.08. The van der Waals surface area contributed by atoms with Crippen molar-refractivity contribution in [1.29, 1.82) is 0 Å². The van der Waals surface area contributed by atoms with Crippen LogP contribution in [0.4, 0.5) is 0 Å². The third-order valence-electron chi connectivity index (χ3n) is 3.29. The number of carbonyl (C=O) groups excluding carboxylic acids is 2. The van der Waals surface area contributed by atoms with Gasteiger partial charge in [-0.2, -0.15) is 0 Å². The van der Waals surface area contributed by atoms with Crippen LogP contribution in [0.15, 0.2) is 40.3 Å². The van der Waals surface area contributed by atoms with Gasteiger partial charge in [0.25, 0.3) is 0 Å². The Balaban J connectivity index is 2.08. The highest BCUT2D eigenvalue weighted by Crippen LogP contribution is 2.29. The van der Waals surface area contributed by atoms with E-state index in [2.05, 4.69) is 0 Å². The number of hydrogen-bond acceptors (Lipinski definition) is 4. The van der Waals surface area contributed by atoms with E-state index in [-0.39, 0.29) is 22.3 Å². The molecule has 0 unspecified atom stereocenters. The third-order valence-corrected chi connectivity index (χ3v) is 3.29. The Morgan fingerprint density at radius 1 is 1.10 bits per heavy atom. The molecule has 5 heteroatoms. The van der Waals surface area contributed by atoms with Crippen molar-refractivity contribution in [2.45, 2.75) is 6.92 Å². The van der Waals surface area contributed by atoms with Crippen LogP contribution in [-0.2, 0) is 0 Å². The number of hydrogen-bond donors (Lipinski definition) is 1. The number of carbonyl (C=O) groups is 3. The summed E-state index contributed by atoms with van der Waals surface area (Å²) < 4.78 is 5.33. The summed E-state index contributed by atoms with van der Waals surface area (Å²) in [4.78, 5) is 35.4. The maximum absolute atomic E-state index is 12.3. The normalized spacial score (nSPS) is 15.6. The molecule has 5 nitrogen and oxygen atoms in total. The molecule has 1 heterocycles. The van der Waals surface area contributed by atoms with Gasteiger partial charge >= 0.3 is 5.97 Å². The zero-order valence-electron chi connectivity index (χ0n) is 11.0. The Bertz CT molecular complexity index is 823. The Hall–Kier alpha value is -2.95. The Labute approximate surface area is 119 Å². The Morgan fingerprint density at radius 3 is 2.43 bits per heavy atom. The van der Waals surface area contributed by atoms with Gasteiger partial charge in [0.05, 0.1) is 11.1 Å². The second kappa shape index (κ2) is 4.56. The van der Waals surface area contributed by atoms with E-state index in [0.29, 0.717) is 11.5 Å². The molecule has 104 valence electrons. The van der Waals surface area contributed by atoms with E-state index in [4.69, 9.17) is 9.52 Å². The molecule has 3 rings (SSSR count). The molecule has 0 fully saturated rings. The van der Waals surface area contributed by atoms with E-state index in [0.717, 1.165) is 0 Å². The number of benzene rings is 1. The van der Waals surface area contributed by atoms with Gasteiger partial charge in [-0.15, -0.1) is 0 Å². The largest absolute Gasteiger partial charge is 0.478 e. The van der Waals surface area contributed by atoms with Crippen LogP contribution in [0.1, 0.15) is 42.6 Å². The first-order chi connectivity index (χ1) is 9.97. The number of fused-ring (bicyclic) bond motifs is 1. The van der Waals surface area contributed by atoms with Crippen LogP contribution < -0.4 is 0 Å². The van der Waals surface area contributed by atoms with Crippen molar-refractivity contribution in [1.82, 2.24) is 0 Å². The zero-order chi connectivity index (χ0) is 15.1. The standard InChI is InChI=1S/C16H10O5/c1-8-2-4-10(21-8)7-13-14(17)11-5-3-9(16(19)20)6-12(11)15(13)18/h2-7H,1H3,(H,19,20)/b13-7+. The maximum Gasteiger partial charge on any atom is 0.335 e. The zero-order valence-corrected chi connectivity index (χ0v) is 11.0. The summed E-state index contributed by atoms with van der Waals surface area (Å²) in [6.45, 7) is 1.76. The minimum atomic E-state index is -1.14. The first-order valence-electron chi connectivity index (χ1n) is 6.22. The summed E-state index contributed by atoms with van der Waals surface area (Å²) in [6, 6.07) is 7.30. The van der Waals surface area contributed by atoms with Crippen molar-refractivity contribution in [2.24, 2.45) is 0 Å². The number of aromatic carboxylic acids is 1. The fourth-order valence-corrected chi connectivity index (χ4v) is 2.26. The molecule has 0 bridgehead atoms. The molecule has 0 amide bonds. The number of furan rings is 1. The van der Waals surface area contributed by atoms with E-state index in [1.807, 2.05) is 0 Å².